The summed E-state index contributed by atoms with van der Waals surface area (Å²) in [5, 5.41) is 2.79. The zero-order valence-electron chi connectivity index (χ0n) is 15.0. The van der Waals surface area contributed by atoms with Gasteiger partial charge in [-0.2, -0.15) is 0 Å². The molecule has 2 aromatic carbocycles. The number of ether oxygens (including phenoxy) is 2. The maximum atomic E-state index is 12.5. The smallest absolute Gasteiger partial charge is 0.337 e. The van der Waals surface area contributed by atoms with Crippen LogP contribution in [0.5, 0.6) is 5.75 Å². The first-order valence-corrected chi connectivity index (χ1v) is 8.17. The van der Waals surface area contributed by atoms with Crippen molar-refractivity contribution in [1.29, 1.82) is 0 Å². The molecule has 0 saturated carbocycles. The molecule has 1 N–H and O–H groups in total. The van der Waals surface area contributed by atoms with Gasteiger partial charge in [-0.05, 0) is 61.7 Å². The molecule has 1 atom stereocenters. The van der Waals surface area contributed by atoms with Gasteiger partial charge in [0.1, 0.15) is 5.75 Å². The van der Waals surface area contributed by atoms with Crippen molar-refractivity contribution < 1.29 is 19.1 Å². The summed E-state index contributed by atoms with van der Waals surface area (Å²) < 4.78 is 10.5. The number of anilines is 1. The highest BCUT2D eigenvalue weighted by molar-refractivity contribution is 5.96. The van der Waals surface area contributed by atoms with E-state index < -0.39 is 12.1 Å². The third-order valence-corrected chi connectivity index (χ3v) is 3.69. The minimum Gasteiger partial charge on any atom is -0.481 e. The summed E-state index contributed by atoms with van der Waals surface area (Å²) in [4.78, 5) is 24.1. The Hall–Kier alpha value is -2.82. The van der Waals surface area contributed by atoms with Crippen LogP contribution in [0.1, 0.15) is 34.8 Å². The van der Waals surface area contributed by atoms with Gasteiger partial charge in [-0.15, -0.1) is 0 Å². The van der Waals surface area contributed by atoms with Gasteiger partial charge in [0.05, 0.1) is 12.7 Å². The lowest BCUT2D eigenvalue weighted by atomic mass is 10.1. The van der Waals surface area contributed by atoms with E-state index in [1.807, 2.05) is 39.0 Å². The number of hydrogen-bond donors (Lipinski definition) is 1. The molecule has 0 aliphatic rings. The van der Waals surface area contributed by atoms with Crippen molar-refractivity contribution in [3.05, 3.63) is 59.2 Å². The van der Waals surface area contributed by atoms with Gasteiger partial charge in [0.15, 0.2) is 6.10 Å². The number of carbonyl (C=O) groups excluding carboxylic acids is 2. The average molecular weight is 341 g/mol. The van der Waals surface area contributed by atoms with E-state index in [2.05, 4.69) is 10.1 Å². The molecular formula is C20H23NO4. The predicted octanol–water partition coefficient (Wildman–Crippen LogP) is 3.89. The van der Waals surface area contributed by atoms with Gasteiger partial charge in [0.2, 0.25) is 0 Å². The molecule has 5 nitrogen and oxygen atoms in total. The summed E-state index contributed by atoms with van der Waals surface area (Å²) >= 11 is 0. The molecule has 0 heterocycles. The van der Waals surface area contributed by atoms with E-state index in [9.17, 15) is 9.59 Å². The fraction of sp³-hybridized carbons (Fsp3) is 0.300. The van der Waals surface area contributed by atoms with E-state index in [4.69, 9.17) is 4.74 Å². The molecule has 2 rings (SSSR count). The molecular weight excluding hydrogens is 318 g/mol. The van der Waals surface area contributed by atoms with Crippen molar-refractivity contribution in [2.75, 3.05) is 12.4 Å². The highest BCUT2D eigenvalue weighted by atomic mass is 16.5. The quantitative estimate of drug-likeness (QED) is 0.810. The van der Waals surface area contributed by atoms with E-state index >= 15 is 0 Å². The zero-order valence-corrected chi connectivity index (χ0v) is 15.0. The molecule has 0 aliphatic carbocycles. The Labute approximate surface area is 148 Å². The molecule has 1 amide bonds. The lowest BCUT2D eigenvalue weighted by Crippen LogP contribution is -2.32. The van der Waals surface area contributed by atoms with Crippen LogP contribution >= 0.6 is 0 Å². The molecule has 0 fully saturated rings. The number of rotatable bonds is 6. The summed E-state index contributed by atoms with van der Waals surface area (Å²) in [7, 11) is 1.32. The van der Waals surface area contributed by atoms with Gasteiger partial charge in [0, 0.05) is 5.69 Å². The first-order chi connectivity index (χ1) is 11.9. The molecule has 0 unspecified atom stereocenters. The second-order valence-electron chi connectivity index (χ2n) is 5.90. The number of hydrogen-bond acceptors (Lipinski definition) is 4. The SMILES string of the molecule is CC[C@@H](Oc1cc(C)cc(C)c1)C(=O)Nc1cccc(C(=O)OC)c1. The van der Waals surface area contributed by atoms with Gasteiger partial charge < -0.3 is 14.8 Å². The van der Waals surface area contributed by atoms with Gasteiger partial charge in [0.25, 0.3) is 5.91 Å². The van der Waals surface area contributed by atoms with Crippen LogP contribution in [0.15, 0.2) is 42.5 Å². The highest BCUT2D eigenvalue weighted by Crippen LogP contribution is 2.19. The normalized spacial score (nSPS) is 11.5. The van der Waals surface area contributed by atoms with Crippen LogP contribution in [0.25, 0.3) is 0 Å². The second-order valence-corrected chi connectivity index (χ2v) is 5.90. The molecule has 0 aliphatic heterocycles. The van der Waals surface area contributed by atoms with E-state index in [-0.39, 0.29) is 5.91 Å². The number of amides is 1. The molecule has 0 spiro atoms. The summed E-state index contributed by atoms with van der Waals surface area (Å²) in [5.74, 6) is -0.0406. The monoisotopic (exact) mass is 341 g/mol. The van der Waals surface area contributed by atoms with Crippen LogP contribution in [0.2, 0.25) is 0 Å². The molecule has 0 aromatic heterocycles. The Morgan fingerprint density at radius 1 is 1.08 bits per heavy atom. The Balaban J connectivity index is 2.10. The molecule has 0 radical (unpaired) electrons. The van der Waals surface area contributed by atoms with Crippen LogP contribution < -0.4 is 10.1 Å². The van der Waals surface area contributed by atoms with E-state index in [0.717, 1.165) is 11.1 Å². The van der Waals surface area contributed by atoms with Crippen LogP contribution in [0, 0.1) is 13.8 Å². The number of aryl methyl sites for hydroxylation is 2. The Bertz CT molecular complexity index is 750. The summed E-state index contributed by atoms with van der Waals surface area (Å²) in [6.07, 6.45) is -0.0989. The number of methoxy groups -OCH3 is 1. The van der Waals surface area contributed by atoms with Crippen molar-refractivity contribution in [3.8, 4) is 5.75 Å². The number of benzene rings is 2. The zero-order chi connectivity index (χ0) is 18.4. The molecule has 132 valence electrons. The molecule has 5 heteroatoms. The fourth-order valence-electron chi connectivity index (χ4n) is 2.55. The average Bonchev–Trinajstić information content (AvgIpc) is 2.58. The van der Waals surface area contributed by atoms with Crippen molar-refractivity contribution >= 4 is 17.6 Å². The molecule has 25 heavy (non-hydrogen) atoms. The Kier molecular flexibility index (Phi) is 6.17. The van der Waals surface area contributed by atoms with Gasteiger partial charge in [-0.25, -0.2) is 4.79 Å². The van der Waals surface area contributed by atoms with E-state index in [0.29, 0.717) is 23.4 Å². The predicted molar refractivity (Wildman–Crippen MR) is 97.0 cm³/mol. The highest BCUT2D eigenvalue weighted by Gasteiger charge is 2.19. The minimum absolute atomic E-state index is 0.260. The second kappa shape index (κ2) is 8.33. The number of nitrogens with one attached hydrogen (secondary N) is 1. The topological polar surface area (TPSA) is 64.6 Å². The van der Waals surface area contributed by atoms with E-state index in [1.54, 1.807) is 24.3 Å². The summed E-state index contributed by atoms with van der Waals surface area (Å²) in [6, 6.07) is 12.5. The lowest BCUT2D eigenvalue weighted by molar-refractivity contribution is -0.122. The standard InChI is InChI=1S/C20H23NO4/c1-5-18(25-17-10-13(2)9-14(3)11-17)19(22)21-16-8-6-7-15(12-16)20(23)24-4/h6-12,18H,5H2,1-4H3,(H,21,22)/t18-/m1/s1. The van der Waals surface area contributed by atoms with Crippen molar-refractivity contribution in [2.45, 2.75) is 33.3 Å². The maximum absolute atomic E-state index is 12.5. The number of carbonyl (C=O) groups is 2. The number of esters is 1. The van der Waals surface area contributed by atoms with Crippen LogP contribution in [-0.4, -0.2) is 25.1 Å². The fourth-order valence-corrected chi connectivity index (χ4v) is 2.55. The van der Waals surface area contributed by atoms with Gasteiger partial charge in [-0.1, -0.05) is 19.1 Å². The van der Waals surface area contributed by atoms with Crippen molar-refractivity contribution in [1.82, 2.24) is 0 Å². The lowest BCUT2D eigenvalue weighted by Gasteiger charge is -2.18. The first kappa shape index (κ1) is 18.5. The third kappa shape index (κ3) is 5.08. The van der Waals surface area contributed by atoms with Gasteiger partial charge in [-0.3, -0.25) is 4.79 Å². The van der Waals surface area contributed by atoms with E-state index in [1.165, 1.54) is 7.11 Å². The molecule has 0 bridgehead atoms. The van der Waals surface area contributed by atoms with Crippen LogP contribution in [-0.2, 0) is 9.53 Å². The third-order valence-electron chi connectivity index (χ3n) is 3.69. The Morgan fingerprint density at radius 3 is 2.36 bits per heavy atom. The molecule has 0 saturated heterocycles. The minimum atomic E-state index is -0.622. The van der Waals surface area contributed by atoms with Crippen molar-refractivity contribution in [2.24, 2.45) is 0 Å². The summed E-state index contributed by atoms with van der Waals surface area (Å²) in [5.41, 5.74) is 3.06. The van der Waals surface area contributed by atoms with Crippen LogP contribution in [0.3, 0.4) is 0 Å². The van der Waals surface area contributed by atoms with Gasteiger partial charge >= 0.3 is 5.97 Å². The summed E-state index contributed by atoms with van der Waals surface area (Å²) in [6.45, 7) is 5.86. The van der Waals surface area contributed by atoms with Crippen LogP contribution in [0.4, 0.5) is 5.69 Å². The maximum Gasteiger partial charge on any atom is 0.337 e. The van der Waals surface area contributed by atoms with Crippen molar-refractivity contribution in [3.63, 3.8) is 0 Å². The largest absolute Gasteiger partial charge is 0.481 e. The Morgan fingerprint density at radius 2 is 1.76 bits per heavy atom. The molecule has 2 aromatic rings. The first-order valence-electron chi connectivity index (χ1n) is 8.17.